The van der Waals surface area contributed by atoms with Gasteiger partial charge in [0, 0.05) is 11.8 Å². The van der Waals surface area contributed by atoms with Crippen LogP contribution in [0.1, 0.15) is 16.2 Å². The van der Waals surface area contributed by atoms with Crippen molar-refractivity contribution < 1.29 is 23.5 Å². The first kappa shape index (κ1) is 19.1. The van der Waals surface area contributed by atoms with Gasteiger partial charge in [0.05, 0.1) is 13.3 Å². The highest BCUT2D eigenvalue weighted by atomic mass is 16.6. The third kappa shape index (κ3) is 4.44. The quantitative estimate of drug-likeness (QED) is 0.422. The molecule has 0 amide bonds. The van der Waals surface area contributed by atoms with Crippen molar-refractivity contribution >= 4 is 5.97 Å². The first-order valence-corrected chi connectivity index (χ1v) is 9.04. The van der Waals surface area contributed by atoms with Gasteiger partial charge in [0.1, 0.15) is 22.8 Å². The molecule has 0 fully saturated rings. The molecule has 0 aliphatic rings. The van der Waals surface area contributed by atoms with Gasteiger partial charge in [-0.1, -0.05) is 29.4 Å². The van der Waals surface area contributed by atoms with E-state index in [2.05, 4.69) is 15.1 Å². The monoisotopic (exact) mass is 403 g/mol. The zero-order valence-electron chi connectivity index (χ0n) is 16.0. The van der Waals surface area contributed by atoms with Gasteiger partial charge < -0.3 is 18.7 Å². The van der Waals surface area contributed by atoms with Crippen molar-refractivity contribution in [3.05, 3.63) is 84.5 Å². The molecule has 4 rings (SSSR count). The van der Waals surface area contributed by atoms with Gasteiger partial charge in [0.25, 0.3) is 5.89 Å². The maximum atomic E-state index is 12.6. The molecule has 8 heteroatoms. The van der Waals surface area contributed by atoms with Crippen LogP contribution >= 0.6 is 0 Å². The van der Waals surface area contributed by atoms with Crippen LogP contribution in [-0.4, -0.2) is 28.2 Å². The molecule has 0 bridgehead atoms. The Morgan fingerprint density at radius 1 is 1.03 bits per heavy atom. The highest BCUT2D eigenvalue weighted by Gasteiger charge is 2.17. The number of esters is 1. The molecule has 2 heterocycles. The summed E-state index contributed by atoms with van der Waals surface area (Å²) in [5.74, 6) is 1.52. The minimum absolute atomic E-state index is 0.170. The smallest absolute Gasteiger partial charge is 0.342 e. The summed E-state index contributed by atoms with van der Waals surface area (Å²) in [6, 6.07) is 17.5. The Morgan fingerprint density at radius 2 is 1.90 bits per heavy atom. The molecule has 0 spiro atoms. The molecule has 4 aromatic rings. The van der Waals surface area contributed by atoms with Gasteiger partial charge in [-0.05, 0) is 36.4 Å². The van der Waals surface area contributed by atoms with E-state index in [1.165, 1.54) is 0 Å². The molecule has 0 aliphatic heterocycles. The summed E-state index contributed by atoms with van der Waals surface area (Å²) in [5.41, 5.74) is 1.000. The Balaban J connectivity index is 1.44. The zero-order valence-corrected chi connectivity index (χ0v) is 16.0. The first-order valence-electron chi connectivity index (χ1n) is 9.04. The van der Waals surface area contributed by atoms with Crippen LogP contribution in [0.25, 0.3) is 11.4 Å². The van der Waals surface area contributed by atoms with Crippen molar-refractivity contribution in [2.75, 3.05) is 7.11 Å². The van der Waals surface area contributed by atoms with E-state index in [9.17, 15) is 4.79 Å². The Labute approximate surface area is 172 Å². The van der Waals surface area contributed by atoms with E-state index in [1.807, 2.05) is 18.2 Å². The largest absolute Gasteiger partial charge is 0.497 e. The number of carbonyl (C=O) groups is 1. The van der Waals surface area contributed by atoms with Crippen molar-refractivity contribution in [1.82, 2.24) is 15.1 Å². The predicted molar refractivity (Wildman–Crippen MR) is 106 cm³/mol. The standard InChI is InChI=1S/C22H17N3O5/c1-27-16-7-4-6-15(12-16)21-24-20(30-25-21)14-28-22(26)18-9-2-3-10-19(18)29-17-8-5-11-23-13-17/h2-13H,14H2,1H3. The second-order valence-electron chi connectivity index (χ2n) is 6.11. The lowest BCUT2D eigenvalue weighted by molar-refractivity contribution is 0.0427. The van der Waals surface area contributed by atoms with Crippen LogP contribution in [0.4, 0.5) is 0 Å². The SMILES string of the molecule is COc1cccc(-c2noc(COC(=O)c3ccccc3Oc3cccnc3)n2)c1. The summed E-state index contributed by atoms with van der Waals surface area (Å²) in [5, 5.41) is 3.92. The molecule has 0 radical (unpaired) electrons. The van der Waals surface area contributed by atoms with Crippen molar-refractivity contribution in [1.29, 1.82) is 0 Å². The molecule has 0 atom stereocenters. The normalized spacial score (nSPS) is 10.4. The predicted octanol–water partition coefficient (Wildman–Crippen LogP) is 4.29. The molecule has 150 valence electrons. The van der Waals surface area contributed by atoms with Crippen molar-refractivity contribution in [2.24, 2.45) is 0 Å². The maximum absolute atomic E-state index is 12.6. The third-order valence-electron chi connectivity index (χ3n) is 4.09. The number of para-hydroxylation sites is 1. The van der Waals surface area contributed by atoms with Gasteiger partial charge in [-0.25, -0.2) is 4.79 Å². The average molecular weight is 403 g/mol. The van der Waals surface area contributed by atoms with Gasteiger partial charge in [-0.2, -0.15) is 4.98 Å². The molecule has 0 unspecified atom stereocenters. The highest BCUT2D eigenvalue weighted by Crippen LogP contribution is 2.26. The number of aromatic nitrogens is 3. The minimum Gasteiger partial charge on any atom is -0.497 e. The number of nitrogens with zero attached hydrogens (tertiary/aromatic N) is 3. The molecular formula is C22H17N3O5. The number of rotatable bonds is 7. The van der Waals surface area contributed by atoms with E-state index in [-0.39, 0.29) is 18.1 Å². The van der Waals surface area contributed by atoms with Crippen molar-refractivity contribution in [3.63, 3.8) is 0 Å². The van der Waals surface area contributed by atoms with E-state index in [0.29, 0.717) is 23.1 Å². The number of hydrogen-bond acceptors (Lipinski definition) is 8. The van der Waals surface area contributed by atoms with Crippen molar-refractivity contribution in [3.8, 4) is 28.6 Å². The van der Waals surface area contributed by atoms with Crippen LogP contribution in [0, 0.1) is 0 Å². The fraction of sp³-hybridized carbons (Fsp3) is 0.0909. The molecular weight excluding hydrogens is 386 g/mol. The fourth-order valence-corrected chi connectivity index (χ4v) is 2.66. The Hall–Kier alpha value is -4.20. The molecule has 0 aliphatic carbocycles. The molecule has 0 saturated heterocycles. The minimum atomic E-state index is -0.573. The molecule has 30 heavy (non-hydrogen) atoms. The van der Waals surface area contributed by atoms with Gasteiger partial charge >= 0.3 is 5.97 Å². The van der Waals surface area contributed by atoms with E-state index in [0.717, 1.165) is 5.56 Å². The van der Waals surface area contributed by atoms with Crippen LogP contribution in [0.15, 0.2) is 77.6 Å². The van der Waals surface area contributed by atoms with E-state index in [4.69, 9.17) is 18.7 Å². The van der Waals surface area contributed by atoms with Crippen LogP contribution in [0.5, 0.6) is 17.2 Å². The van der Waals surface area contributed by atoms with Gasteiger partial charge in [0.15, 0.2) is 6.61 Å². The summed E-state index contributed by atoms with van der Waals surface area (Å²) >= 11 is 0. The lowest BCUT2D eigenvalue weighted by atomic mass is 10.2. The molecule has 0 saturated carbocycles. The second-order valence-corrected chi connectivity index (χ2v) is 6.11. The van der Waals surface area contributed by atoms with Crippen LogP contribution in [0.2, 0.25) is 0 Å². The number of ether oxygens (including phenoxy) is 3. The second kappa shape index (κ2) is 8.87. The number of pyridine rings is 1. The van der Waals surface area contributed by atoms with Crippen molar-refractivity contribution in [2.45, 2.75) is 6.61 Å². The number of methoxy groups -OCH3 is 1. The number of benzene rings is 2. The Morgan fingerprint density at radius 3 is 2.73 bits per heavy atom. The summed E-state index contributed by atoms with van der Waals surface area (Å²) in [6.45, 7) is -0.170. The van der Waals surface area contributed by atoms with Gasteiger partial charge in [-0.3, -0.25) is 4.98 Å². The van der Waals surface area contributed by atoms with Crippen LogP contribution in [0.3, 0.4) is 0 Å². The lowest BCUT2D eigenvalue weighted by Crippen LogP contribution is -2.07. The topological polar surface area (TPSA) is 96.6 Å². The zero-order chi connectivity index (χ0) is 20.8. The number of hydrogen-bond donors (Lipinski definition) is 0. The van der Waals surface area contributed by atoms with E-state index in [1.54, 1.807) is 62.0 Å². The molecule has 8 nitrogen and oxygen atoms in total. The molecule has 2 aromatic carbocycles. The van der Waals surface area contributed by atoms with Gasteiger partial charge in [-0.15, -0.1) is 0 Å². The fourth-order valence-electron chi connectivity index (χ4n) is 2.66. The third-order valence-corrected chi connectivity index (χ3v) is 4.09. The molecule has 2 aromatic heterocycles. The maximum Gasteiger partial charge on any atom is 0.342 e. The molecule has 0 N–H and O–H groups in total. The summed E-state index contributed by atoms with van der Waals surface area (Å²) in [4.78, 5) is 20.8. The summed E-state index contributed by atoms with van der Waals surface area (Å²) < 4.78 is 21.5. The first-order chi connectivity index (χ1) is 14.7. The lowest BCUT2D eigenvalue weighted by Gasteiger charge is -2.09. The van der Waals surface area contributed by atoms with E-state index >= 15 is 0 Å². The highest BCUT2D eigenvalue weighted by molar-refractivity contribution is 5.92. The average Bonchev–Trinajstić information content (AvgIpc) is 3.28. The Kier molecular flexibility index (Phi) is 5.66. The summed E-state index contributed by atoms with van der Waals surface area (Å²) in [7, 11) is 1.58. The van der Waals surface area contributed by atoms with Crippen LogP contribution < -0.4 is 9.47 Å². The van der Waals surface area contributed by atoms with Crippen LogP contribution in [-0.2, 0) is 11.3 Å². The van der Waals surface area contributed by atoms with E-state index < -0.39 is 5.97 Å². The summed E-state index contributed by atoms with van der Waals surface area (Å²) in [6.07, 6.45) is 3.19. The number of carbonyl (C=O) groups excluding carboxylic acids is 1. The van der Waals surface area contributed by atoms with Gasteiger partial charge in [0.2, 0.25) is 5.82 Å². The Bertz CT molecular complexity index is 1140.